The van der Waals surface area contributed by atoms with Crippen molar-refractivity contribution < 1.29 is 22.7 Å². The minimum Gasteiger partial charge on any atom is -0.496 e. The number of aromatic nitrogens is 3. The first kappa shape index (κ1) is 13.8. The Hall–Kier alpha value is -2.58. The number of rotatable bonds is 3. The van der Waals surface area contributed by atoms with Gasteiger partial charge in [-0.15, -0.1) is 0 Å². The lowest BCUT2D eigenvalue weighted by Gasteiger charge is -2.11. The van der Waals surface area contributed by atoms with Gasteiger partial charge in [0.05, 0.1) is 12.7 Å². The fraction of sp³-hybridized carbons (Fsp3) is 0.182. The molecule has 0 aliphatic carbocycles. The summed E-state index contributed by atoms with van der Waals surface area (Å²) in [6, 6.07) is 2.83. The topological polar surface area (TPSA) is 93.9 Å². The lowest BCUT2D eigenvalue weighted by molar-refractivity contribution is -0.137. The Kier molecular flexibility index (Phi) is 3.35. The third-order valence-electron chi connectivity index (χ3n) is 2.56. The first-order chi connectivity index (χ1) is 9.34. The summed E-state index contributed by atoms with van der Waals surface area (Å²) in [6.07, 6.45) is -4.53. The summed E-state index contributed by atoms with van der Waals surface area (Å²) < 4.78 is 43.2. The second-order valence-electron chi connectivity index (χ2n) is 3.80. The van der Waals surface area contributed by atoms with Gasteiger partial charge in [-0.25, -0.2) is 0 Å². The van der Waals surface area contributed by atoms with E-state index < -0.39 is 17.6 Å². The number of ether oxygens (including phenoxy) is 1. The van der Waals surface area contributed by atoms with E-state index in [0.29, 0.717) is 0 Å². The summed E-state index contributed by atoms with van der Waals surface area (Å²) in [5.41, 5.74) is 3.81. The molecule has 0 atom stereocenters. The lowest BCUT2D eigenvalue weighted by atomic mass is 10.0. The van der Waals surface area contributed by atoms with Gasteiger partial charge in [0.15, 0.2) is 5.69 Å². The molecular formula is C11H9F3N4O2. The maximum absolute atomic E-state index is 12.7. The Labute approximate surface area is 110 Å². The van der Waals surface area contributed by atoms with Crippen molar-refractivity contribution in [3.05, 3.63) is 29.5 Å². The number of alkyl halides is 3. The van der Waals surface area contributed by atoms with Crippen molar-refractivity contribution in [2.75, 3.05) is 7.11 Å². The predicted octanol–water partition coefficient (Wildman–Crippen LogP) is 1.60. The number of primary amides is 1. The van der Waals surface area contributed by atoms with Gasteiger partial charge in [0, 0.05) is 5.56 Å². The van der Waals surface area contributed by atoms with Gasteiger partial charge in [0.25, 0.3) is 5.91 Å². The molecule has 2 aromatic rings. The zero-order valence-electron chi connectivity index (χ0n) is 10.2. The van der Waals surface area contributed by atoms with Gasteiger partial charge in [0.2, 0.25) is 0 Å². The maximum Gasteiger partial charge on any atom is 0.416 e. The number of aromatic amines is 1. The van der Waals surface area contributed by atoms with Crippen molar-refractivity contribution in [1.82, 2.24) is 15.4 Å². The van der Waals surface area contributed by atoms with Gasteiger partial charge in [-0.05, 0) is 18.2 Å². The van der Waals surface area contributed by atoms with E-state index >= 15 is 0 Å². The minimum atomic E-state index is -4.53. The number of benzene rings is 1. The highest BCUT2D eigenvalue weighted by Crippen LogP contribution is 2.37. The summed E-state index contributed by atoms with van der Waals surface area (Å²) in [5, 5.41) is 9.32. The number of halogens is 3. The quantitative estimate of drug-likeness (QED) is 0.896. The van der Waals surface area contributed by atoms with Crippen LogP contribution in [0.3, 0.4) is 0 Å². The molecule has 0 saturated heterocycles. The zero-order chi connectivity index (χ0) is 14.9. The Balaban J connectivity index is 2.65. The normalized spacial score (nSPS) is 11.4. The lowest BCUT2D eigenvalue weighted by Crippen LogP contribution is -2.13. The third-order valence-corrected chi connectivity index (χ3v) is 2.56. The van der Waals surface area contributed by atoms with E-state index in [0.717, 1.165) is 18.2 Å². The number of amides is 1. The number of carbonyl (C=O) groups excluding carboxylic acids is 1. The van der Waals surface area contributed by atoms with Gasteiger partial charge < -0.3 is 10.5 Å². The summed E-state index contributed by atoms with van der Waals surface area (Å²) in [6.45, 7) is 0. The highest BCUT2D eigenvalue weighted by Gasteiger charge is 2.32. The number of carbonyl (C=O) groups is 1. The van der Waals surface area contributed by atoms with E-state index in [1.807, 2.05) is 0 Å². The molecule has 2 rings (SSSR count). The number of H-pyrrole nitrogens is 1. The predicted molar refractivity (Wildman–Crippen MR) is 61.9 cm³/mol. The SMILES string of the molecule is COc1ccc(C(F)(F)F)cc1-c1n[nH]nc1C(N)=O. The van der Waals surface area contributed by atoms with Crippen LogP contribution in [0.2, 0.25) is 0 Å². The van der Waals surface area contributed by atoms with Crippen LogP contribution in [0.4, 0.5) is 13.2 Å². The van der Waals surface area contributed by atoms with E-state index in [1.54, 1.807) is 0 Å². The van der Waals surface area contributed by atoms with Crippen molar-refractivity contribution in [3.8, 4) is 17.0 Å². The van der Waals surface area contributed by atoms with Crippen LogP contribution >= 0.6 is 0 Å². The van der Waals surface area contributed by atoms with E-state index in [9.17, 15) is 18.0 Å². The Bertz CT molecular complexity index is 651. The standard InChI is InChI=1S/C11H9F3N4O2/c1-20-7-3-2-5(11(12,13)14)4-6(7)8-9(10(15)19)17-18-16-8/h2-4H,1H3,(H2,15,19)(H,16,17,18). The smallest absolute Gasteiger partial charge is 0.416 e. The van der Waals surface area contributed by atoms with Crippen molar-refractivity contribution in [2.45, 2.75) is 6.18 Å². The molecule has 0 unspecified atom stereocenters. The second-order valence-corrected chi connectivity index (χ2v) is 3.80. The van der Waals surface area contributed by atoms with Crippen LogP contribution in [0, 0.1) is 0 Å². The molecule has 0 spiro atoms. The number of nitrogens with zero attached hydrogens (tertiary/aromatic N) is 2. The summed E-state index contributed by atoms with van der Waals surface area (Å²) in [5.74, 6) is -0.789. The van der Waals surface area contributed by atoms with Crippen LogP contribution in [0.25, 0.3) is 11.3 Å². The summed E-state index contributed by atoms with van der Waals surface area (Å²) in [4.78, 5) is 11.2. The molecule has 1 heterocycles. The summed E-state index contributed by atoms with van der Waals surface area (Å²) in [7, 11) is 1.29. The van der Waals surface area contributed by atoms with Crippen molar-refractivity contribution in [2.24, 2.45) is 5.73 Å². The molecule has 1 amide bonds. The van der Waals surface area contributed by atoms with E-state index in [4.69, 9.17) is 10.5 Å². The van der Waals surface area contributed by atoms with Crippen molar-refractivity contribution >= 4 is 5.91 Å². The zero-order valence-corrected chi connectivity index (χ0v) is 10.2. The van der Waals surface area contributed by atoms with E-state index in [1.165, 1.54) is 7.11 Å². The molecule has 6 nitrogen and oxygen atoms in total. The molecule has 0 radical (unpaired) electrons. The molecule has 0 bridgehead atoms. The fourth-order valence-electron chi connectivity index (χ4n) is 1.66. The van der Waals surface area contributed by atoms with Gasteiger partial charge in [-0.1, -0.05) is 0 Å². The molecule has 0 aliphatic heterocycles. The summed E-state index contributed by atoms with van der Waals surface area (Å²) >= 11 is 0. The minimum absolute atomic E-state index is 0.0233. The fourth-order valence-corrected chi connectivity index (χ4v) is 1.66. The monoisotopic (exact) mass is 286 g/mol. The molecule has 0 fully saturated rings. The highest BCUT2D eigenvalue weighted by molar-refractivity contribution is 5.97. The first-order valence-electron chi connectivity index (χ1n) is 5.30. The van der Waals surface area contributed by atoms with Crippen molar-refractivity contribution in [3.63, 3.8) is 0 Å². The first-order valence-corrected chi connectivity index (χ1v) is 5.30. The number of hydrogen-bond acceptors (Lipinski definition) is 4. The molecule has 1 aromatic carbocycles. The molecule has 0 aliphatic rings. The van der Waals surface area contributed by atoms with Crippen LogP contribution in [0.5, 0.6) is 5.75 Å². The van der Waals surface area contributed by atoms with E-state index in [2.05, 4.69) is 15.4 Å². The molecule has 0 saturated carbocycles. The van der Waals surface area contributed by atoms with E-state index in [-0.39, 0.29) is 22.7 Å². The van der Waals surface area contributed by atoms with Gasteiger partial charge >= 0.3 is 6.18 Å². The maximum atomic E-state index is 12.7. The van der Waals surface area contributed by atoms with Crippen LogP contribution in [-0.2, 0) is 6.18 Å². The van der Waals surface area contributed by atoms with Gasteiger partial charge in [-0.2, -0.15) is 28.6 Å². The number of nitrogens with one attached hydrogen (secondary N) is 1. The molecule has 3 N–H and O–H groups in total. The molecule has 106 valence electrons. The third kappa shape index (κ3) is 2.42. The van der Waals surface area contributed by atoms with Crippen LogP contribution in [-0.4, -0.2) is 28.4 Å². The second kappa shape index (κ2) is 4.83. The van der Waals surface area contributed by atoms with Crippen LogP contribution < -0.4 is 10.5 Å². The molecular weight excluding hydrogens is 277 g/mol. The van der Waals surface area contributed by atoms with Crippen LogP contribution in [0.15, 0.2) is 18.2 Å². The largest absolute Gasteiger partial charge is 0.496 e. The van der Waals surface area contributed by atoms with Crippen molar-refractivity contribution in [1.29, 1.82) is 0 Å². The molecule has 1 aromatic heterocycles. The number of hydrogen-bond donors (Lipinski definition) is 2. The Morgan fingerprint density at radius 2 is 2.05 bits per heavy atom. The number of methoxy groups -OCH3 is 1. The van der Waals surface area contributed by atoms with Crippen LogP contribution in [0.1, 0.15) is 16.1 Å². The average molecular weight is 286 g/mol. The molecule has 20 heavy (non-hydrogen) atoms. The van der Waals surface area contributed by atoms with Gasteiger partial charge in [0.1, 0.15) is 11.4 Å². The Morgan fingerprint density at radius 1 is 1.35 bits per heavy atom. The van der Waals surface area contributed by atoms with Gasteiger partial charge in [-0.3, -0.25) is 4.79 Å². The highest BCUT2D eigenvalue weighted by atomic mass is 19.4. The molecule has 9 heteroatoms. The number of nitrogens with two attached hydrogens (primary N) is 1. The average Bonchev–Trinajstić information content (AvgIpc) is 2.86. The Morgan fingerprint density at radius 3 is 2.60 bits per heavy atom.